The van der Waals surface area contributed by atoms with E-state index in [0.29, 0.717) is 13.2 Å². The van der Waals surface area contributed by atoms with Gasteiger partial charge < -0.3 is 20.5 Å². The van der Waals surface area contributed by atoms with Crippen molar-refractivity contribution in [2.75, 3.05) is 33.1 Å². The predicted molar refractivity (Wildman–Crippen MR) is 69.2 cm³/mol. The highest BCUT2D eigenvalue weighted by Gasteiger charge is 2.34. The lowest BCUT2D eigenvalue weighted by molar-refractivity contribution is -0.126. The maximum atomic E-state index is 12.0. The number of thioether (sulfide) groups is 1. The topological polar surface area (TPSA) is 70.6 Å². The Morgan fingerprint density at radius 3 is 2.82 bits per heavy atom. The molecule has 4 atom stereocenters. The normalized spacial score (nSPS) is 27.8. The van der Waals surface area contributed by atoms with Crippen molar-refractivity contribution >= 4 is 17.7 Å². The summed E-state index contributed by atoms with van der Waals surface area (Å²) in [4.78, 5) is 12.0. The lowest BCUT2D eigenvalue weighted by Gasteiger charge is -2.24. The number of aliphatic hydroxyl groups is 1. The molecule has 1 fully saturated rings. The number of ether oxygens (including phenoxy) is 1. The number of nitrogens with one attached hydrogen (secondary N) is 2. The van der Waals surface area contributed by atoms with Crippen molar-refractivity contribution in [3.05, 3.63) is 0 Å². The Labute approximate surface area is 107 Å². The second-order valence-corrected chi connectivity index (χ2v) is 5.37. The highest BCUT2D eigenvalue weighted by Crippen LogP contribution is 2.15. The van der Waals surface area contributed by atoms with Gasteiger partial charge in [-0.05, 0) is 20.2 Å². The van der Waals surface area contributed by atoms with Gasteiger partial charge in [0, 0.05) is 17.3 Å². The number of carbonyl (C=O) groups excluding carboxylic acids is 1. The van der Waals surface area contributed by atoms with Crippen LogP contribution < -0.4 is 10.6 Å². The Balaban J connectivity index is 2.48. The van der Waals surface area contributed by atoms with E-state index in [2.05, 4.69) is 10.6 Å². The number of amides is 1. The van der Waals surface area contributed by atoms with Gasteiger partial charge in [-0.15, -0.1) is 0 Å². The number of hydrogen-bond donors (Lipinski definition) is 3. The van der Waals surface area contributed by atoms with Crippen LogP contribution in [0.1, 0.15) is 6.92 Å². The van der Waals surface area contributed by atoms with Crippen LogP contribution in [0.2, 0.25) is 0 Å². The summed E-state index contributed by atoms with van der Waals surface area (Å²) in [5.41, 5.74) is 0. The molecule has 1 saturated heterocycles. The molecule has 5 nitrogen and oxygen atoms in total. The molecular weight excluding hydrogens is 240 g/mol. The Morgan fingerprint density at radius 2 is 2.29 bits per heavy atom. The van der Waals surface area contributed by atoms with Crippen LogP contribution in [0, 0.1) is 5.92 Å². The minimum absolute atomic E-state index is 0.00171. The zero-order valence-corrected chi connectivity index (χ0v) is 11.4. The lowest BCUT2D eigenvalue weighted by atomic mass is 10.0. The van der Waals surface area contributed by atoms with Gasteiger partial charge in [0.15, 0.2) is 0 Å². The quantitative estimate of drug-likeness (QED) is 0.599. The smallest absolute Gasteiger partial charge is 0.227 e. The standard InChI is InChI=1S/C11H22N2O3S/c1-7(10(4-14)17-3)13-11(15)8-5-16-6-9(8)12-2/h7-10,12,14H,4-6H2,1-3H3,(H,13,15). The summed E-state index contributed by atoms with van der Waals surface area (Å²) in [6.07, 6.45) is 1.93. The minimum Gasteiger partial charge on any atom is -0.395 e. The Bertz CT molecular complexity index is 249. The molecule has 0 saturated carbocycles. The molecule has 0 aromatic heterocycles. The van der Waals surface area contributed by atoms with Gasteiger partial charge >= 0.3 is 0 Å². The van der Waals surface area contributed by atoms with Gasteiger partial charge in [-0.25, -0.2) is 0 Å². The molecule has 0 spiro atoms. The molecule has 1 aliphatic rings. The molecule has 0 aromatic carbocycles. The van der Waals surface area contributed by atoms with E-state index in [4.69, 9.17) is 9.84 Å². The molecule has 100 valence electrons. The van der Waals surface area contributed by atoms with E-state index in [1.54, 1.807) is 11.8 Å². The van der Waals surface area contributed by atoms with Gasteiger partial charge in [0.25, 0.3) is 0 Å². The first-order chi connectivity index (χ1) is 8.13. The summed E-state index contributed by atoms with van der Waals surface area (Å²) < 4.78 is 5.30. The first-order valence-electron chi connectivity index (χ1n) is 5.83. The number of carbonyl (C=O) groups is 1. The summed E-state index contributed by atoms with van der Waals surface area (Å²) in [5, 5.41) is 15.2. The van der Waals surface area contributed by atoms with Crippen LogP contribution in [0.4, 0.5) is 0 Å². The summed E-state index contributed by atoms with van der Waals surface area (Å²) in [6.45, 7) is 3.03. The van der Waals surface area contributed by atoms with Gasteiger partial charge in [0.2, 0.25) is 5.91 Å². The van der Waals surface area contributed by atoms with Crippen molar-refractivity contribution < 1.29 is 14.6 Å². The monoisotopic (exact) mass is 262 g/mol. The maximum Gasteiger partial charge on any atom is 0.227 e. The van der Waals surface area contributed by atoms with Crippen LogP contribution in [-0.4, -0.2) is 61.5 Å². The van der Waals surface area contributed by atoms with E-state index in [1.807, 2.05) is 20.2 Å². The van der Waals surface area contributed by atoms with Crippen molar-refractivity contribution in [2.24, 2.45) is 5.92 Å². The second kappa shape index (κ2) is 7.20. The number of rotatable bonds is 6. The second-order valence-electron chi connectivity index (χ2n) is 4.29. The average Bonchev–Trinajstić information content (AvgIpc) is 2.78. The maximum absolute atomic E-state index is 12.0. The van der Waals surface area contributed by atoms with Crippen molar-refractivity contribution in [3.8, 4) is 0 Å². The molecule has 1 rings (SSSR count). The number of aliphatic hydroxyl groups excluding tert-OH is 1. The fraction of sp³-hybridized carbons (Fsp3) is 0.909. The summed E-state index contributed by atoms with van der Waals surface area (Å²) in [5.74, 6) is -0.134. The first-order valence-corrected chi connectivity index (χ1v) is 7.11. The van der Waals surface area contributed by atoms with E-state index >= 15 is 0 Å². The molecule has 0 aliphatic carbocycles. The van der Waals surface area contributed by atoms with E-state index in [-0.39, 0.29) is 35.8 Å². The van der Waals surface area contributed by atoms with Crippen LogP contribution in [0.15, 0.2) is 0 Å². The Morgan fingerprint density at radius 1 is 1.59 bits per heavy atom. The van der Waals surface area contributed by atoms with Crippen LogP contribution >= 0.6 is 11.8 Å². The summed E-state index contributed by atoms with van der Waals surface area (Å²) in [7, 11) is 1.83. The molecular formula is C11H22N2O3S. The summed E-state index contributed by atoms with van der Waals surface area (Å²) >= 11 is 1.56. The van der Waals surface area contributed by atoms with Gasteiger partial charge in [-0.2, -0.15) is 11.8 Å². The van der Waals surface area contributed by atoms with Crippen molar-refractivity contribution in [2.45, 2.75) is 24.3 Å². The van der Waals surface area contributed by atoms with E-state index in [0.717, 1.165) is 0 Å². The molecule has 0 bridgehead atoms. The molecule has 17 heavy (non-hydrogen) atoms. The first kappa shape index (κ1) is 14.8. The fourth-order valence-electron chi connectivity index (χ4n) is 1.96. The molecule has 0 radical (unpaired) electrons. The van der Waals surface area contributed by atoms with Crippen molar-refractivity contribution in [1.82, 2.24) is 10.6 Å². The molecule has 4 unspecified atom stereocenters. The molecule has 1 aliphatic heterocycles. The highest BCUT2D eigenvalue weighted by atomic mass is 32.2. The molecule has 6 heteroatoms. The average molecular weight is 262 g/mol. The van der Waals surface area contributed by atoms with Gasteiger partial charge in [-0.3, -0.25) is 4.79 Å². The molecule has 1 heterocycles. The van der Waals surface area contributed by atoms with Crippen molar-refractivity contribution in [1.29, 1.82) is 0 Å². The predicted octanol–water partition coefficient (Wildman–Crippen LogP) is -0.551. The van der Waals surface area contributed by atoms with Crippen LogP contribution in [0.3, 0.4) is 0 Å². The van der Waals surface area contributed by atoms with Gasteiger partial charge in [0.1, 0.15) is 0 Å². The Kier molecular flexibility index (Phi) is 6.26. The zero-order valence-electron chi connectivity index (χ0n) is 10.6. The minimum atomic E-state index is -0.136. The molecule has 0 aromatic rings. The third kappa shape index (κ3) is 3.84. The highest BCUT2D eigenvalue weighted by molar-refractivity contribution is 7.99. The third-order valence-electron chi connectivity index (χ3n) is 3.20. The fourth-order valence-corrected chi connectivity index (χ4v) is 2.58. The van der Waals surface area contributed by atoms with Crippen LogP contribution in [0.5, 0.6) is 0 Å². The van der Waals surface area contributed by atoms with E-state index in [1.165, 1.54) is 0 Å². The van der Waals surface area contributed by atoms with Gasteiger partial charge in [-0.1, -0.05) is 0 Å². The SMILES string of the molecule is CNC1COCC1C(=O)NC(C)C(CO)SC. The largest absolute Gasteiger partial charge is 0.395 e. The van der Waals surface area contributed by atoms with E-state index < -0.39 is 0 Å². The molecule has 1 amide bonds. The van der Waals surface area contributed by atoms with Crippen LogP contribution in [-0.2, 0) is 9.53 Å². The van der Waals surface area contributed by atoms with Gasteiger partial charge in [0.05, 0.1) is 25.7 Å². The van der Waals surface area contributed by atoms with Crippen LogP contribution in [0.25, 0.3) is 0 Å². The number of hydrogen-bond acceptors (Lipinski definition) is 5. The molecule has 3 N–H and O–H groups in total. The number of likely N-dealkylation sites (N-methyl/N-ethyl adjacent to an activating group) is 1. The van der Waals surface area contributed by atoms with E-state index in [9.17, 15) is 4.79 Å². The van der Waals surface area contributed by atoms with Crippen molar-refractivity contribution in [3.63, 3.8) is 0 Å². The Hall–Kier alpha value is -0.300. The lowest BCUT2D eigenvalue weighted by Crippen LogP contribution is -2.48. The summed E-state index contributed by atoms with van der Waals surface area (Å²) in [6, 6.07) is 0.0460. The zero-order chi connectivity index (χ0) is 12.8. The third-order valence-corrected chi connectivity index (χ3v) is 4.36.